The third-order valence-corrected chi connectivity index (χ3v) is 18.0. The molecule has 3 aromatic carbocycles. The van der Waals surface area contributed by atoms with E-state index in [4.69, 9.17) is 35.7 Å². The number of amides is 3. The molecule has 356 valence electrons. The van der Waals surface area contributed by atoms with E-state index in [1.807, 2.05) is 119 Å². The minimum atomic E-state index is -3.15. The van der Waals surface area contributed by atoms with E-state index in [9.17, 15) is 42.5 Å². The van der Waals surface area contributed by atoms with Gasteiger partial charge in [0.2, 0.25) is 7.37 Å². The van der Waals surface area contributed by atoms with Gasteiger partial charge in [-0.3, -0.25) is 24.0 Å². The van der Waals surface area contributed by atoms with Crippen molar-refractivity contribution >= 4 is 68.0 Å². The molecule has 3 aromatic rings. The van der Waals surface area contributed by atoms with Crippen LogP contribution in [-0.2, 0) is 66.6 Å². The lowest BCUT2D eigenvalue weighted by Crippen LogP contribution is -2.37. The number of nitrogens with two attached hydrogens (primary N) is 1. The van der Waals surface area contributed by atoms with Crippen LogP contribution in [0.1, 0.15) is 63.6 Å². The van der Waals surface area contributed by atoms with Gasteiger partial charge in [-0.15, -0.1) is 0 Å². The lowest BCUT2D eigenvalue weighted by Gasteiger charge is -2.23. The zero-order valence-electron chi connectivity index (χ0n) is 37.0. The molecule has 3 saturated heterocycles. The van der Waals surface area contributed by atoms with Crippen molar-refractivity contribution in [3.63, 3.8) is 0 Å². The molecule has 6 N–H and O–H groups in total. The maximum atomic E-state index is 12.8. The van der Waals surface area contributed by atoms with Gasteiger partial charge in [0.05, 0.1) is 18.5 Å². The lowest BCUT2D eigenvalue weighted by molar-refractivity contribution is -0.117. The first-order valence-corrected chi connectivity index (χ1v) is 27.4. The fourth-order valence-corrected chi connectivity index (χ4v) is 13.5. The van der Waals surface area contributed by atoms with Gasteiger partial charge < -0.3 is 49.5 Å². The molecule has 65 heavy (non-hydrogen) atoms. The molecular weight excluding hydrogens is 923 g/mol. The van der Waals surface area contributed by atoms with E-state index in [-0.39, 0.29) is 81.0 Å². The lowest BCUT2D eigenvalue weighted by atomic mass is 10.2. The number of ether oxygens (including phenoxy) is 3. The van der Waals surface area contributed by atoms with Gasteiger partial charge in [0, 0.05) is 32.4 Å². The van der Waals surface area contributed by atoms with Gasteiger partial charge in [-0.05, 0) is 36.6 Å². The number of carbonyl (C=O) groups is 6. The van der Waals surface area contributed by atoms with Crippen LogP contribution in [0, 0.1) is 0 Å². The minimum Gasteiger partial charge on any atom is -0.445 e. The van der Waals surface area contributed by atoms with E-state index in [1.165, 1.54) is 7.11 Å². The molecule has 0 saturated carbocycles. The predicted octanol–water partition coefficient (Wildman–Crippen LogP) is 7.71. The minimum absolute atomic E-state index is 0.00121. The Labute approximate surface area is 384 Å². The molecule has 0 aromatic heterocycles. The molecule has 6 atom stereocenters. The van der Waals surface area contributed by atoms with Crippen molar-refractivity contribution in [3.05, 3.63) is 108 Å². The van der Waals surface area contributed by atoms with Crippen LogP contribution in [-0.4, -0.2) is 90.7 Å². The number of benzene rings is 3. The van der Waals surface area contributed by atoms with Crippen LogP contribution in [0.4, 0.5) is 14.4 Å². The van der Waals surface area contributed by atoms with E-state index in [0.717, 1.165) is 16.7 Å². The number of halogens is 1. The summed E-state index contributed by atoms with van der Waals surface area (Å²) in [5.74, 6) is -2.78. The van der Waals surface area contributed by atoms with Crippen molar-refractivity contribution in [3.8, 4) is 0 Å². The molecule has 6 rings (SSSR count). The monoisotopic (exact) mass is 981 g/mol. The number of rotatable bonds is 12. The van der Waals surface area contributed by atoms with Crippen LogP contribution in [0.3, 0.4) is 0 Å². The van der Waals surface area contributed by atoms with Crippen molar-refractivity contribution in [2.75, 3.05) is 25.6 Å². The normalized spacial score (nSPS) is 24.3. The van der Waals surface area contributed by atoms with Gasteiger partial charge >= 0.3 is 18.3 Å². The van der Waals surface area contributed by atoms with Crippen LogP contribution < -0.4 is 26.8 Å². The second kappa shape index (κ2) is 26.5. The van der Waals surface area contributed by atoms with E-state index in [2.05, 4.69) is 21.0 Å². The molecule has 0 radical (unpaired) electrons. The summed E-state index contributed by atoms with van der Waals surface area (Å²) in [7, 11) is -4.80. The van der Waals surface area contributed by atoms with Crippen molar-refractivity contribution in [2.24, 2.45) is 5.73 Å². The number of nitrogens with one attached hydrogen (secondary N) is 4. The number of Topliss-reactive ketones (excluding diaryl/α,β-unsaturated/α-hetero) is 3. The van der Waals surface area contributed by atoms with Gasteiger partial charge in [0.1, 0.15) is 54.5 Å². The third-order valence-electron chi connectivity index (χ3n) is 9.18. The van der Waals surface area contributed by atoms with Gasteiger partial charge in [-0.1, -0.05) is 116 Å². The second-order valence-electron chi connectivity index (χ2n) is 15.8. The number of ketones is 3. The van der Waals surface area contributed by atoms with Gasteiger partial charge in [0.25, 0.3) is 0 Å². The maximum Gasteiger partial charge on any atom is 0.408 e. The van der Waals surface area contributed by atoms with Crippen LogP contribution in [0.25, 0.3) is 0 Å². The zero-order valence-corrected chi connectivity index (χ0v) is 40.5. The molecule has 3 heterocycles. The molecule has 3 aliphatic rings. The summed E-state index contributed by atoms with van der Waals surface area (Å²) >= 11 is 5.75. The summed E-state index contributed by atoms with van der Waals surface area (Å²) in [4.78, 5) is 69.2. The van der Waals surface area contributed by atoms with Gasteiger partial charge in [-0.25, -0.2) is 14.4 Å². The number of carbonyl (C=O) groups excluding carboxylic acids is 6. The number of hydrogen-bond acceptors (Lipinski definition) is 14. The van der Waals surface area contributed by atoms with Gasteiger partial charge in [0.15, 0.2) is 13.8 Å². The predicted molar refractivity (Wildman–Crippen MR) is 247 cm³/mol. The maximum absolute atomic E-state index is 12.8. The van der Waals surface area contributed by atoms with Crippen LogP contribution in [0.15, 0.2) is 91.0 Å². The van der Waals surface area contributed by atoms with Crippen LogP contribution >= 0.6 is 32.4 Å². The van der Waals surface area contributed by atoms with Gasteiger partial charge in [-0.2, -0.15) is 0 Å². The van der Waals surface area contributed by atoms with Crippen LogP contribution in [0.2, 0.25) is 0 Å². The highest BCUT2D eigenvalue weighted by Crippen LogP contribution is 2.60. The highest BCUT2D eigenvalue weighted by atomic mass is 35.7. The molecule has 0 spiro atoms. The quantitative estimate of drug-likeness (QED) is 0.0860. The topological polar surface area (TPSA) is 265 Å². The Morgan fingerprint density at radius 1 is 0.600 bits per heavy atom. The fraction of sp³-hybridized carbons (Fsp3) is 0.442. The first-order chi connectivity index (χ1) is 30.6. The van der Waals surface area contributed by atoms with E-state index >= 15 is 0 Å². The highest BCUT2D eigenvalue weighted by molar-refractivity contribution is 7.90. The Balaban J connectivity index is 0.000000249. The zero-order chi connectivity index (χ0) is 48.2. The molecular formula is C43H59ClN5O13P3. The Morgan fingerprint density at radius 3 is 1.31 bits per heavy atom. The molecule has 22 heteroatoms. The highest BCUT2D eigenvalue weighted by Gasteiger charge is 2.46. The van der Waals surface area contributed by atoms with E-state index < -0.39 is 56.8 Å². The SMILES string of the molecule is CC(C)N.CC(C)NP1(=O)CC(=O)CC1NC(=O)OCc1ccccc1.COP1(=O)CC(=O)CC1NC(=O)OCc1ccccc1.O=C1CC(NC(=O)OCc2ccccc2)P(=O)(Cl)C1. The smallest absolute Gasteiger partial charge is 0.408 e. The summed E-state index contributed by atoms with van der Waals surface area (Å²) in [5.41, 5.74) is 7.66. The van der Waals surface area contributed by atoms with Crippen molar-refractivity contribution < 1.29 is 61.2 Å². The molecule has 3 aliphatic heterocycles. The molecule has 18 nitrogen and oxygen atoms in total. The Kier molecular flexibility index (Phi) is 22.3. The number of alkyl carbamates (subject to hydrolysis) is 3. The number of hydrogen-bond donors (Lipinski definition) is 5. The summed E-state index contributed by atoms with van der Waals surface area (Å²) in [6, 6.07) is 27.9. The van der Waals surface area contributed by atoms with Crippen molar-refractivity contribution in [2.45, 2.75) is 96.2 Å². The average Bonchev–Trinajstić information content (AvgIpc) is 3.80. The van der Waals surface area contributed by atoms with E-state index in [0.29, 0.717) is 6.04 Å². The fourth-order valence-electron chi connectivity index (χ4n) is 6.26. The van der Waals surface area contributed by atoms with E-state index in [1.54, 1.807) is 0 Å². The largest absolute Gasteiger partial charge is 0.445 e. The van der Waals surface area contributed by atoms with Crippen molar-refractivity contribution in [1.29, 1.82) is 0 Å². The summed E-state index contributed by atoms with van der Waals surface area (Å²) in [6.45, 7) is 4.81. The standard InChI is InChI=1S/C15H21N2O4P.C13H16NO5P.C12H13ClNO4P.C3H9N/c1-11(2)17-22(20)10-13(18)8-14(22)16-15(19)21-9-12-6-4-3-5-7-12;1-18-20(17)9-11(15)7-12(20)14-13(16)19-8-10-5-3-2-4-6-10;13-19(17)8-10(15)6-11(19)14-12(16)18-7-9-4-2-1-3-5-9;1-3(2)4/h3-7,11,14H,8-10H2,1-2H3,(H,16,19)(H,17,20);2-6,12H,7-9H2,1H3,(H,14,16);1-5,11H,6-8H2,(H,14,16);3H,4H2,1-2H3. The molecule has 0 aliphatic carbocycles. The second-order valence-corrected chi connectivity index (χ2v) is 25.4. The van der Waals surface area contributed by atoms with Crippen LogP contribution in [0.5, 0.6) is 0 Å². The first kappa shape index (κ1) is 54.7. The molecule has 0 bridgehead atoms. The van der Waals surface area contributed by atoms with Crippen molar-refractivity contribution in [1.82, 2.24) is 21.0 Å². The molecule has 3 amide bonds. The average molecular weight is 982 g/mol. The Morgan fingerprint density at radius 2 is 0.938 bits per heavy atom. The third kappa shape index (κ3) is 19.8. The first-order valence-electron chi connectivity index (χ1n) is 20.6. The summed E-state index contributed by atoms with van der Waals surface area (Å²) < 4.78 is 56.9. The molecule has 3 fully saturated rings. The Hall–Kier alpha value is -4.66. The summed E-state index contributed by atoms with van der Waals surface area (Å²) in [5, 5.41) is 10.4. The Bertz CT molecular complexity index is 2200. The summed E-state index contributed by atoms with van der Waals surface area (Å²) in [6.07, 6.45) is -2.30. The molecule has 6 unspecified atom stereocenters.